The summed E-state index contributed by atoms with van der Waals surface area (Å²) in [4.78, 5) is 12.9. The van der Waals surface area contributed by atoms with Crippen molar-refractivity contribution in [3.63, 3.8) is 0 Å². The molecule has 134 valence electrons. The van der Waals surface area contributed by atoms with Crippen LogP contribution in [0.4, 0.5) is 5.00 Å². The van der Waals surface area contributed by atoms with Crippen LogP contribution in [0.1, 0.15) is 34.1 Å². The Morgan fingerprint density at radius 2 is 2.04 bits per heavy atom. The zero-order valence-corrected chi connectivity index (χ0v) is 16.5. The first-order chi connectivity index (χ1) is 11.7. The zero-order valence-electron chi connectivity index (χ0n) is 13.3. The minimum absolute atomic E-state index is 0.0305. The lowest BCUT2D eigenvalue weighted by Gasteiger charge is -2.18. The summed E-state index contributed by atoms with van der Waals surface area (Å²) >= 11 is 13.0. The van der Waals surface area contributed by atoms with E-state index in [0.29, 0.717) is 5.92 Å². The Morgan fingerprint density at radius 1 is 1.32 bits per heavy atom. The number of nitrogens with one attached hydrogen (secondary N) is 1. The lowest BCUT2D eigenvalue weighted by Crippen LogP contribution is -2.19. The van der Waals surface area contributed by atoms with E-state index in [2.05, 4.69) is 11.6 Å². The standard InChI is InChI=1S/C16H16Cl2N2O3S2/c1-8-2-4-10-13(6-8)24-16(14(10)15(19)21)20-25(22,23)9-3-5-11(17)12(18)7-9/h3,5,7-8,20H,2,4,6H2,1H3,(H2,19,21)/t8-/m0/s1. The van der Waals surface area contributed by atoms with Crippen LogP contribution in [0.25, 0.3) is 0 Å². The number of amides is 1. The van der Waals surface area contributed by atoms with Gasteiger partial charge in [-0.15, -0.1) is 11.3 Å². The number of nitrogens with two attached hydrogens (primary N) is 1. The van der Waals surface area contributed by atoms with E-state index in [0.717, 1.165) is 29.7 Å². The molecule has 1 heterocycles. The summed E-state index contributed by atoms with van der Waals surface area (Å²) in [6.45, 7) is 2.13. The van der Waals surface area contributed by atoms with Gasteiger partial charge in [0.2, 0.25) is 0 Å². The number of carbonyl (C=O) groups is 1. The Labute approximate surface area is 160 Å². The molecule has 0 saturated heterocycles. The second-order valence-electron chi connectivity index (χ2n) is 6.10. The fourth-order valence-corrected chi connectivity index (χ4v) is 6.02. The molecule has 0 fully saturated rings. The lowest BCUT2D eigenvalue weighted by molar-refractivity contribution is 0.100. The third-order valence-corrected chi connectivity index (χ3v) is 7.57. The molecule has 5 nitrogen and oxygen atoms in total. The maximum Gasteiger partial charge on any atom is 0.262 e. The van der Waals surface area contributed by atoms with Gasteiger partial charge in [-0.25, -0.2) is 8.42 Å². The molecule has 0 saturated carbocycles. The number of fused-ring (bicyclic) bond motifs is 1. The Balaban J connectivity index is 2.02. The van der Waals surface area contributed by atoms with Crippen LogP contribution < -0.4 is 10.5 Å². The van der Waals surface area contributed by atoms with E-state index in [-0.39, 0.29) is 25.5 Å². The van der Waals surface area contributed by atoms with Crippen LogP contribution in [0, 0.1) is 5.92 Å². The minimum Gasteiger partial charge on any atom is -0.365 e. The van der Waals surface area contributed by atoms with Crippen molar-refractivity contribution in [2.24, 2.45) is 11.7 Å². The van der Waals surface area contributed by atoms with Crippen molar-refractivity contribution in [2.45, 2.75) is 31.1 Å². The van der Waals surface area contributed by atoms with Gasteiger partial charge in [0.15, 0.2) is 0 Å². The highest BCUT2D eigenvalue weighted by molar-refractivity contribution is 7.93. The average Bonchev–Trinajstić information content (AvgIpc) is 2.85. The Bertz CT molecular complexity index is 955. The third-order valence-electron chi connectivity index (χ3n) is 4.19. The van der Waals surface area contributed by atoms with Gasteiger partial charge in [0.25, 0.3) is 15.9 Å². The number of primary amides is 1. The lowest BCUT2D eigenvalue weighted by atomic mass is 9.88. The molecule has 1 aliphatic rings. The van der Waals surface area contributed by atoms with Gasteiger partial charge in [-0.3, -0.25) is 9.52 Å². The highest BCUT2D eigenvalue weighted by Gasteiger charge is 2.28. The Kier molecular flexibility index (Phi) is 5.03. The number of halogens is 2. The quantitative estimate of drug-likeness (QED) is 0.783. The Morgan fingerprint density at radius 3 is 2.68 bits per heavy atom. The maximum atomic E-state index is 12.7. The zero-order chi connectivity index (χ0) is 18.4. The van der Waals surface area contributed by atoms with E-state index in [4.69, 9.17) is 28.9 Å². The second kappa shape index (κ2) is 6.79. The highest BCUT2D eigenvalue weighted by atomic mass is 35.5. The summed E-state index contributed by atoms with van der Waals surface area (Å²) in [5.41, 5.74) is 6.65. The van der Waals surface area contributed by atoms with Crippen LogP contribution in [-0.4, -0.2) is 14.3 Å². The number of anilines is 1. The summed E-state index contributed by atoms with van der Waals surface area (Å²) in [7, 11) is -3.91. The van der Waals surface area contributed by atoms with Crippen LogP contribution in [0.5, 0.6) is 0 Å². The van der Waals surface area contributed by atoms with Crippen LogP contribution in [0.15, 0.2) is 23.1 Å². The molecule has 3 N–H and O–H groups in total. The first-order valence-corrected chi connectivity index (χ1v) is 10.7. The maximum absolute atomic E-state index is 12.7. The predicted octanol–water partition coefficient (Wildman–Crippen LogP) is 4.08. The molecule has 1 amide bonds. The number of rotatable bonds is 4. The summed E-state index contributed by atoms with van der Waals surface area (Å²) in [5.74, 6) is -0.134. The van der Waals surface area contributed by atoms with Gasteiger partial charge in [-0.2, -0.15) is 0 Å². The monoisotopic (exact) mass is 418 g/mol. The van der Waals surface area contributed by atoms with Crippen LogP contribution >= 0.6 is 34.5 Å². The van der Waals surface area contributed by atoms with Crippen molar-refractivity contribution in [3.8, 4) is 0 Å². The van der Waals surface area contributed by atoms with E-state index in [1.165, 1.54) is 29.5 Å². The van der Waals surface area contributed by atoms with E-state index in [1.54, 1.807) is 0 Å². The van der Waals surface area contributed by atoms with Gasteiger partial charge in [-0.05, 0) is 48.9 Å². The smallest absolute Gasteiger partial charge is 0.262 e. The predicted molar refractivity (Wildman–Crippen MR) is 101 cm³/mol. The molecule has 25 heavy (non-hydrogen) atoms. The molecule has 0 radical (unpaired) electrons. The van der Waals surface area contributed by atoms with Gasteiger partial charge < -0.3 is 5.73 Å². The van der Waals surface area contributed by atoms with Gasteiger partial charge in [0, 0.05) is 4.88 Å². The number of hydrogen-bond donors (Lipinski definition) is 2. The number of hydrogen-bond acceptors (Lipinski definition) is 4. The van der Waals surface area contributed by atoms with E-state index in [1.807, 2.05) is 0 Å². The van der Waals surface area contributed by atoms with Gasteiger partial charge in [0.1, 0.15) is 5.00 Å². The van der Waals surface area contributed by atoms with E-state index >= 15 is 0 Å². The van der Waals surface area contributed by atoms with E-state index in [9.17, 15) is 13.2 Å². The number of sulfonamides is 1. The molecule has 1 aromatic heterocycles. The molecule has 2 aromatic rings. The number of thiophene rings is 1. The molecular formula is C16H16Cl2N2O3S2. The molecular weight excluding hydrogens is 403 g/mol. The molecule has 1 aromatic carbocycles. The van der Waals surface area contributed by atoms with E-state index < -0.39 is 15.9 Å². The fourth-order valence-electron chi connectivity index (χ4n) is 2.91. The van der Waals surface area contributed by atoms with Crippen molar-refractivity contribution in [1.82, 2.24) is 0 Å². The van der Waals surface area contributed by atoms with Crippen molar-refractivity contribution < 1.29 is 13.2 Å². The fraction of sp³-hybridized carbons (Fsp3) is 0.312. The molecule has 0 aliphatic heterocycles. The van der Waals surface area contributed by atoms with Gasteiger partial charge in [0.05, 0.1) is 20.5 Å². The van der Waals surface area contributed by atoms with Crippen LogP contribution in [0.2, 0.25) is 10.0 Å². The molecule has 0 bridgehead atoms. The molecule has 1 atom stereocenters. The van der Waals surface area contributed by atoms with Gasteiger partial charge >= 0.3 is 0 Å². The molecule has 0 unspecified atom stereocenters. The summed E-state index contributed by atoms with van der Waals surface area (Å²) in [5, 5.41) is 0.663. The molecule has 3 rings (SSSR count). The van der Waals surface area contributed by atoms with Crippen molar-refractivity contribution in [2.75, 3.05) is 4.72 Å². The SMILES string of the molecule is C[C@H]1CCc2c(sc(NS(=O)(=O)c3ccc(Cl)c(Cl)c3)c2C(N)=O)C1. The Hall–Kier alpha value is -1.28. The third kappa shape index (κ3) is 3.65. The number of benzene rings is 1. The largest absolute Gasteiger partial charge is 0.365 e. The normalized spacial score (nSPS) is 17.2. The molecule has 9 heteroatoms. The van der Waals surface area contributed by atoms with Crippen molar-refractivity contribution in [1.29, 1.82) is 0 Å². The number of carbonyl (C=O) groups excluding carboxylic acids is 1. The first-order valence-electron chi connectivity index (χ1n) is 7.61. The van der Waals surface area contributed by atoms with Gasteiger partial charge in [-0.1, -0.05) is 30.1 Å². The average molecular weight is 419 g/mol. The van der Waals surface area contributed by atoms with Crippen LogP contribution in [0.3, 0.4) is 0 Å². The molecule has 0 spiro atoms. The summed E-state index contributed by atoms with van der Waals surface area (Å²) < 4.78 is 27.8. The van der Waals surface area contributed by atoms with Crippen LogP contribution in [-0.2, 0) is 22.9 Å². The second-order valence-corrected chi connectivity index (χ2v) is 9.70. The van der Waals surface area contributed by atoms with Crippen molar-refractivity contribution >= 4 is 55.5 Å². The minimum atomic E-state index is -3.91. The first kappa shape index (κ1) is 18.5. The topological polar surface area (TPSA) is 89.3 Å². The summed E-state index contributed by atoms with van der Waals surface area (Å²) in [6, 6.07) is 4.04. The molecule has 1 aliphatic carbocycles. The van der Waals surface area contributed by atoms with Crippen molar-refractivity contribution in [3.05, 3.63) is 44.2 Å². The summed E-state index contributed by atoms with van der Waals surface area (Å²) in [6.07, 6.45) is 2.48. The highest BCUT2D eigenvalue weighted by Crippen LogP contribution is 2.40.